The summed E-state index contributed by atoms with van der Waals surface area (Å²) in [5, 5.41) is 2.30. The van der Waals surface area contributed by atoms with E-state index in [9.17, 15) is 18.0 Å². The quantitative estimate of drug-likeness (QED) is 0.443. The number of anilines is 2. The molecule has 1 aromatic carbocycles. The number of piperazine rings is 1. The highest BCUT2D eigenvalue weighted by Gasteiger charge is 2.34. The molecule has 3 aromatic rings. The van der Waals surface area contributed by atoms with Crippen molar-refractivity contribution in [2.24, 2.45) is 0 Å². The topological polar surface area (TPSA) is 119 Å². The van der Waals surface area contributed by atoms with Gasteiger partial charge < -0.3 is 20.1 Å². The SMILES string of the molecule is Cc1cc(C)c(CNC(=O)c2cc(-c3ccc(N4CCN(C)CC4)nc3)cc3c2CCN3S(=O)(=O)C(C)C)c(=O)[nH]1. The second-order valence-electron chi connectivity index (χ2n) is 11.3. The van der Waals surface area contributed by atoms with Crippen LogP contribution in [0.5, 0.6) is 0 Å². The number of hydrogen-bond acceptors (Lipinski definition) is 7. The van der Waals surface area contributed by atoms with Crippen LogP contribution in [0.1, 0.15) is 46.6 Å². The van der Waals surface area contributed by atoms with Crippen molar-refractivity contribution in [3.05, 3.63) is 74.8 Å². The molecule has 0 saturated carbocycles. The van der Waals surface area contributed by atoms with Crippen molar-refractivity contribution >= 4 is 27.4 Å². The van der Waals surface area contributed by atoms with Gasteiger partial charge in [-0.25, -0.2) is 13.4 Å². The molecule has 0 bridgehead atoms. The van der Waals surface area contributed by atoms with Gasteiger partial charge in [0.25, 0.3) is 11.5 Å². The van der Waals surface area contributed by atoms with E-state index in [4.69, 9.17) is 4.98 Å². The highest BCUT2D eigenvalue weighted by Crippen LogP contribution is 2.38. The average molecular weight is 579 g/mol. The maximum absolute atomic E-state index is 13.6. The highest BCUT2D eigenvalue weighted by molar-refractivity contribution is 7.93. The average Bonchev–Trinajstić information content (AvgIpc) is 3.37. The van der Waals surface area contributed by atoms with Crippen LogP contribution in [0.25, 0.3) is 11.1 Å². The zero-order chi connectivity index (χ0) is 29.5. The lowest BCUT2D eigenvalue weighted by Gasteiger charge is -2.33. The third kappa shape index (κ3) is 5.73. The molecule has 2 aliphatic heterocycles. The normalized spacial score (nSPS) is 15.9. The van der Waals surface area contributed by atoms with E-state index < -0.39 is 15.3 Å². The van der Waals surface area contributed by atoms with E-state index in [1.54, 1.807) is 26.1 Å². The van der Waals surface area contributed by atoms with Crippen molar-refractivity contribution in [3.63, 3.8) is 0 Å². The number of aromatic nitrogens is 2. The molecule has 0 aliphatic carbocycles. The smallest absolute Gasteiger partial charge is 0.253 e. The number of carbonyl (C=O) groups is 1. The van der Waals surface area contributed by atoms with Crippen LogP contribution in [0.2, 0.25) is 0 Å². The van der Waals surface area contributed by atoms with Gasteiger partial charge in [-0.05, 0) is 88.2 Å². The van der Waals surface area contributed by atoms with Crippen molar-refractivity contribution in [1.82, 2.24) is 20.2 Å². The number of pyridine rings is 2. The Hall–Kier alpha value is -3.70. The molecule has 10 nitrogen and oxygen atoms in total. The Morgan fingerprint density at radius 3 is 2.41 bits per heavy atom. The van der Waals surface area contributed by atoms with Gasteiger partial charge in [0.2, 0.25) is 10.0 Å². The maximum Gasteiger partial charge on any atom is 0.253 e. The number of aryl methyl sites for hydroxylation is 2. The number of benzene rings is 1. The summed E-state index contributed by atoms with van der Waals surface area (Å²) in [6.45, 7) is 11.1. The number of likely N-dealkylation sites (N-methyl/N-ethyl adjacent to an activating group) is 1. The van der Waals surface area contributed by atoms with E-state index >= 15 is 0 Å². The molecule has 0 radical (unpaired) electrons. The van der Waals surface area contributed by atoms with Crippen molar-refractivity contribution in [1.29, 1.82) is 0 Å². The second kappa shape index (κ2) is 11.3. The van der Waals surface area contributed by atoms with E-state index in [2.05, 4.69) is 27.1 Å². The summed E-state index contributed by atoms with van der Waals surface area (Å²) in [7, 11) is -1.49. The number of H-pyrrole nitrogens is 1. The number of rotatable bonds is 7. The Morgan fingerprint density at radius 2 is 1.78 bits per heavy atom. The standard InChI is InChI=1S/C30H38N6O4S/c1-19(2)41(39,40)36-9-8-24-25(29(37)32-18-26-20(3)14-21(4)33-30(26)38)15-23(16-27(24)36)22-6-7-28(31-17-22)35-12-10-34(5)11-13-35/h6-7,14-17,19H,8-13,18H2,1-5H3,(H,32,37)(H,33,38). The summed E-state index contributed by atoms with van der Waals surface area (Å²) >= 11 is 0. The van der Waals surface area contributed by atoms with Crippen LogP contribution in [0.4, 0.5) is 11.5 Å². The van der Waals surface area contributed by atoms with E-state index in [1.165, 1.54) is 4.31 Å². The van der Waals surface area contributed by atoms with Crippen LogP contribution < -0.4 is 20.1 Å². The summed E-state index contributed by atoms with van der Waals surface area (Å²) in [6.07, 6.45) is 2.21. The molecule has 41 heavy (non-hydrogen) atoms. The van der Waals surface area contributed by atoms with Gasteiger partial charge in [-0.2, -0.15) is 0 Å². The summed E-state index contributed by atoms with van der Waals surface area (Å²) in [4.78, 5) is 38.2. The largest absolute Gasteiger partial charge is 0.354 e. The number of nitrogens with zero attached hydrogens (tertiary/aromatic N) is 4. The third-order valence-electron chi connectivity index (χ3n) is 8.04. The first-order valence-corrected chi connectivity index (χ1v) is 15.5. The Labute approximate surface area is 241 Å². The van der Waals surface area contributed by atoms with Crippen LogP contribution in [-0.2, 0) is 23.0 Å². The molecule has 1 fully saturated rings. The molecule has 2 aromatic heterocycles. The first kappa shape index (κ1) is 28.8. The Kier molecular flexibility index (Phi) is 7.93. The summed E-state index contributed by atoms with van der Waals surface area (Å²) in [5.74, 6) is 0.539. The van der Waals surface area contributed by atoms with Gasteiger partial charge >= 0.3 is 0 Å². The van der Waals surface area contributed by atoms with Crippen LogP contribution in [-0.4, -0.2) is 74.2 Å². The number of nitrogens with one attached hydrogen (secondary N) is 2. The third-order valence-corrected chi connectivity index (χ3v) is 10.2. The monoisotopic (exact) mass is 578 g/mol. The highest BCUT2D eigenvalue weighted by atomic mass is 32.2. The molecule has 2 aliphatic rings. The van der Waals surface area contributed by atoms with Crippen LogP contribution in [0.3, 0.4) is 0 Å². The van der Waals surface area contributed by atoms with Crippen LogP contribution in [0.15, 0.2) is 41.3 Å². The summed E-state index contributed by atoms with van der Waals surface area (Å²) in [5.41, 5.74) is 4.93. The van der Waals surface area contributed by atoms with E-state index in [0.717, 1.165) is 48.8 Å². The van der Waals surface area contributed by atoms with Crippen LogP contribution >= 0.6 is 0 Å². The fourth-order valence-electron chi connectivity index (χ4n) is 5.51. The predicted octanol–water partition coefficient (Wildman–Crippen LogP) is 2.84. The van der Waals surface area contributed by atoms with Crippen molar-refractivity contribution in [2.45, 2.75) is 45.9 Å². The van der Waals surface area contributed by atoms with Gasteiger partial charge in [-0.3, -0.25) is 13.9 Å². The van der Waals surface area contributed by atoms with Gasteiger partial charge in [0.05, 0.1) is 10.9 Å². The number of fused-ring (bicyclic) bond motifs is 1. The zero-order valence-electron chi connectivity index (χ0n) is 24.3. The molecule has 218 valence electrons. The van der Waals surface area contributed by atoms with Gasteiger partial charge in [0, 0.05) is 67.8 Å². The second-order valence-corrected chi connectivity index (χ2v) is 13.7. The van der Waals surface area contributed by atoms with E-state index in [0.29, 0.717) is 34.4 Å². The molecule has 11 heteroatoms. The van der Waals surface area contributed by atoms with Gasteiger partial charge in [0.1, 0.15) is 5.82 Å². The van der Waals surface area contributed by atoms with E-state index in [-0.39, 0.29) is 24.6 Å². The lowest BCUT2D eigenvalue weighted by Crippen LogP contribution is -2.44. The molecule has 2 N–H and O–H groups in total. The lowest BCUT2D eigenvalue weighted by atomic mass is 9.97. The minimum Gasteiger partial charge on any atom is -0.354 e. The van der Waals surface area contributed by atoms with Crippen LogP contribution in [0, 0.1) is 13.8 Å². The lowest BCUT2D eigenvalue weighted by molar-refractivity contribution is 0.0950. The van der Waals surface area contributed by atoms with Crippen molar-refractivity contribution < 1.29 is 13.2 Å². The number of sulfonamides is 1. The first-order chi connectivity index (χ1) is 19.5. The Balaban J connectivity index is 1.50. The molecule has 0 atom stereocenters. The van der Waals surface area contributed by atoms with Gasteiger partial charge in [0.15, 0.2) is 0 Å². The molecule has 1 amide bonds. The van der Waals surface area contributed by atoms with Crippen molar-refractivity contribution in [2.75, 3.05) is 49.0 Å². The Morgan fingerprint density at radius 1 is 1.05 bits per heavy atom. The van der Waals surface area contributed by atoms with Crippen molar-refractivity contribution in [3.8, 4) is 11.1 Å². The maximum atomic E-state index is 13.6. The number of hydrogen-bond donors (Lipinski definition) is 2. The molecular formula is C30H38N6O4S. The molecular weight excluding hydrogens is 540 g/mol. The number of aromatic amines is 1. The molecule has 5 rings (SSSR count). The molecule has 4 heterocycles. The predicted molar refractivity (Wildman–Crippen MR) is 162 cm³/mol. The summed E-state index contributed by atoms with van der Waals surface area (Å²) < 4.78 is 27.9. The first-order valence-electron chi connectivity index (χ1n) is 14.0. The fraction of sp³-hybridized carbons (Fsp3) is 0.433. The Bertz CT molecular complexity index is 1620. The van der Waals surface area contributed by atoms with Gasteiger partial charge in [-0.15, -0.1) is 0 Å². The summed E-state index contributed by atoms with van der Waals surface area (Å²) in [6, 6.07) is 9.46. The number of carbonyl (C=O) groups excluding carboxylic acids is 1. The minimum atomic E-state index is -3.60. The molecule has 0 unspecified atom stereocenters. The molecule has 1 saturated heterocycles. The number of amides is 1. The van der Waals surface area contributed by atoms with Gasteiger partial charge in [-0.1, -0.05) is 0 Å². The zero-order valence-corrected chi connectivity index (χ0v) is 25.1. The minimum absolute atomic E-state index is 0.0641. The molecule has 0 spiro atoms. The van der Waals surface area contributed by atoms with E-state index in [1.807, 2.05) is 38.1 Å². The fourth-order valence-corrected chi connectivity index (χ4v) is 6.80.